The maximum absolute atomic E-state index is 13.0. The Morgan fingerprint density at radius 2 is 1.97 bits per heavy atom. The quantitative estimate of drug-likeness (QED) is 0.647. The minimum Gasteiger partial charge on any atom is -0.392 e. The van der Waals surface area contributed by atoms with E-state index < -0.39 is 6.10 Å². The SMILES string of the molecule is CCN(CC)C(=O)[C@@H](C)[C@@H]1CC[C@@]2(C)Cc3sc(NC(=O)CN(C)C)nc3[C@@H](C)[C@@H]2[C@H]1O. The highest BCUT2D eigenvalue weighted by atomic mass is 32.1. The number of hydrogen-bond donors (Lipinski definition) is 2. The summed E-state index contributed by atoms with van der Waals surface area (Å²) in [5.41, 5.74) is 0.970. The van der Waals surface area contributed by atoms with Gasteiger partial charge < -0.3 is 20.2 Å². The molecular formula is C24H40N4O3S. The van der Waals surface area contributed by atoms with Crippen molar-refractivity contribution >= 4 is 28.3 Å². The van der Waals surface area contributed by atoms with E-state index in [0.29, 0.717) is 24.8 Å². The van der Waals surface area contributed by atoms with Crippen LogP contribution in [0.2, 0.25) is 0 Å². The molecule has 2 amide bonds. The van der Waals surface area contributed by atoms with E-state index in [1.54, 1.807) is 11.3 Å². The molecule has 1 fully saturated rings. The Morgan fingerprint density at radius 1 is 1.31 bits per heavy atom. The second-order valence-corrected chi connectivity index (χ2v) is 11.3. The molecular weight excluding hydrogens is 424 g/mol. The van der Waals surface area contributed by atoms with Crippen molar-refractivity contribution in [3.63, 3.8) is 0 Å². The average Bonchev–Trinajstić information content (AvgIpc) is 3.09. The van der Waals surface area contributed by atoms with Crippen LogP contribution in [0.1, 0.15) is 63.9 Å². The zero-order valence-electron chi connectivity index (χ0n) is 20.6. The van der Waals surface area contributed by atoms with Gasteiger partial charge in [0.15, 0.2) is 5.13 Å². The first-order valence-electron chi connectivity index (χ1n) is 11.9. The molecule has 32 heavy (non-hydrogen) atoms. The molecule has 0 radical (unpaired) electrons. The third kappa shape index (κ3) is 4.73. The Balaban J connectivity index is 1.82. The fourth-order valence-electron chi connectivity index (χ4n) is 6.05. The fraction of sp³-hybridized carbons (Fsp3) is 0.792. The normalized spacial score (nSPS) is 30.4. The van der Waals surface area contributed by atoms with E-state index in [1.165, 1.54) is 4.88 Å². The summed E-state index contributed by atoms with van der Waals surface area (Å²) < 4.78 is 0. The lowest BCUT2D eigenvalue weighted by Crippen LogP contribution is -2.53. The van der Waals surface area contributed by atoms with Crippen molar-refractivity contribution in [1.29, 1.82) is 0 Å². The molecule has 2 aliphatic rings. The van der Waals surface area contributed by atoms with Crippen molar-refractivity contribution in [2.45, 2.75) is 65.9 Å². The standard InChI is InChI=1S/C24H40N4O3S/c1-8-28(9-2)22(31)14(3)16-10-11-24(5)12-17-20(15(4)19(24)21(16)30)26-23(32-17)25-18(29)13-27(6)7/h14-16,19,21,30H,8-13H2,1-7H3,(H,25,26,29)/t14-,15-,16-,19+,21-,24-/m0/s1. The molecule has 1 aromatic heterocycles. The van der Waals surface area contributed by atoms with Crippen LogP contribution >= 0.6 is 11.3 Å². The predicted molar refractivity (Wildman–Crippen MR) is 129 cm³/mol. The van der Waals surface area contributed by atoms with Crippen LogP contribution in [0.4, 0.5) is 5.13 Å². The number of amides is 2. The van der Waals surface area contributed by atoms with Crippen LogP contribution in [-0.2, 0) is 16.0 Å². The molecule has 0 bridgehead atoms. The van der Waals surface area contributed by atoms with Crippen molar-refractivity contribution in [3.8, 4) is 0 Å². The van der Waals surface area contributed by atoms with Crippen LogP contribution in [-0.4, -0.2) is 71.5 Å². The molecule has 2 N–H and O–H groups in total. The zero-order valence-corrected chi connectivity index (χ0v) is 21.5. The summed E-state index contributed by atoms with van der Waals surface area (Å²) in [6.45, 7) is 12.1. The number of rotatable bonds is 7. The second-order valence-electron chi connectivity index (χ2n) is 10.3. The van der Waals surface area contributed by atoms with Crippen molar-refractivity contribution < 1.29 is 14.7 Å². The van der Waals surface area contributed by atoms with Gasteiger partial charge in [-0.25, -0.2) is 4.98 Å². The van der Waals surface area contributed by atoms with E-state index in [9.17, 15) is 14.7 Å². The van der Waals surface area contributed by atoms with Gasteiger partial charge in [0.2, 0.25) is 11.8 Å². The first-order chi connectivity index (χ1) is 15.0. The molecule has 2 aliphatic carbocycles. The number of anilines is 1. The summed E-state index contributed by atoms with van der Waals surface area (Å²) >= 11 is 1.57. The fourth-order valence-corrected chi connectivity index (χ4v) is 7.33. The Labute approximate surface area is 196 Å². The third-order valence-corrected chi connectivity index (χ3v) is 8.72. The molecule has 7 nitrogen and oxygen atoms in total. The highest BCUT2D eigenvalue weighted by molar-refractivity contribution is 7.15. The van der Waals surface area contributed by atoms with Crippen molar-refractivity contribution in [1.82, 2.24) is 14.8 Å². The summed E-state index contributed by atoms with van der Waals surface area (Å²) in [4.78, 5) is 34.9. The lowest BCUT2D eigenvalue weighted by atomic mass is 9.53. The lowest BCUT2D eigenvalue weighted by molar-refractivity contribution is -0.144. The summed E-state index contributed by atoms with van der Waals surface area (Å²) in [5, 5.41) is 15.1. The topological polar surface area (TPSA) is 85.8 Å². The molecule has 0 aliphatic heterocycles. The van der Waals surface area contributed by atoms with E-state index in [4.69, 9.17) is 4.98 Å². The number of nitrogens with one attached hydrogen (secondary N) is 1. The van der Waals surface area contributed by atoms with Crippen LogP contribution in [0.5, 0.6) is 0 Å². The number of carbonyl (C=O) groups is 2. The predicted octanol–water partition coefficient (Wildman–Crippen LogP) is 3.20. The van der Waals surface area contributed by atoms with E-state index in [1.807, 2.05) is 44.7 Å². The average molecular weight is 465 g/mol. The van der Waals surface area contributed by atoms with Gasteiger partial charge in [0.1, 0.15) is 0 Å². The second kappa shape index (κ2) is 9.77. The van der Waals surface area contributed by atoms with Crippen LogP contribution < -0.4 is 5.32 Å². The summed E-state index contributed by atoms with van der Waals surface area (Å²) in [6, 6.07) is 0. The number of fused-ring (bicyclic) bond motifs is 2. The molecule has 8 heteroatoms. The molecule has 6 atom stereocenters. The Kier molecular flexibility index (Phi) is 7.67. The van der Waals surface area contributed by atoms with Gasteiger partial charge in [0, 0.05) is 29.8 Å². The first-order valence-corrected chi connectivity index (χ1v) is 12.7. The Bertz CT molecular complexity index is 837. The molecule has 1 saturated carbocycles. The number of aliphatic hydroxyl groups is 1. The van der Waals surface area contributed by atoms with Crippen molar-refractivity contribution in [2.75, 3.05) is 39.0 Å². The maximum Gasteiger partial charge on any atom is 0.240 e. The molecule has 0 unspecified atom stereocenters. The Morgan fingerprint density at radius 3 is 2.56 bits per heavy atom. The molecule has 1 aromatic rings. The maximum atomic E-state index is 13.0. The Hall–Kier alpha value is -1.51. The molecule has 0 aromatic carbocycles. The highest BCUT2D eigenvalue weighted by Gasteiger charge is 2.54. The van der Waals surface area contributed by atoms with E-state index in [2.05, 4.69) is 19.2 Å². The van der Waals surface area contributed by atoms with Gasteiger partial charge in [-0.05, 0) is 64.5 Å². The van der Waals surface area contributed by atoms with Crippen LogP contribution in [0.15, 0.2) is 0 Å². The van der Waals surface area contributed by atoms with Gasteiger partial charge in [-0.15, -0.1) is 11.3 Å². The highest BCUT2D eigenvalue weighted by Crippen LogP contribution is 2.57. The number of nitrogens with zero attached hydrogens (tertiary/aromatic N) is 3. The van der Waals surface area contributed by atoms with Crippen LogP contribution in [0, 0.1) is 23.2 Å². The van der Waals surface area contributed by atoms with Gasteiger partial charge in [-0.3, -0.25) is 9.59 Å². The number of hydrogen-bond acceptors (Lipinski definition) is 6. The minimum atomic E-state index is -0.542. The molecule has 180 valence electrons. The van der Waals surface area contributed by atoms with E-state index in [0.717, 1.165) is 25.0 Å². The number of aliphatic hydroxyl groups excluding tert-OH is 1. The van der Waals surface area contributed by atoms with Crippen molar-refractivity contribution in [2.24, 2.45) is 23.2 Å². The van der Waals surface area contributed by atoms with Crippen molar-refractivity contribution in [3.05, 3.63) is 10.6 Å². The largest absolute Gasteiger partial charge is 0.392 e. The van der Waals surface area contributed by atoms with Gasteiger partial charge in [0.05, 0.1) is 18.3 Å². The molecule has 0 saturated heterocycles. The number of aromatic nitrogens is 1. The zero-order chi connectivity index (χ0) is 23.8. The van der Waals surface area contributed by atoms with Crippen LogP contribution in [0.3, 0.4) is 0 Å². The monoisotopic (exact) mass is 464 g/mol. The van der Waals surface area contributed by atoms with Gasteiger partial charge >= 0.3 is 0 Å². The van der Waals surface area contributed by atoms with E-state index in [-0.39, 0.29) is 40.9 Å². The number of likely N-dealkylation sites (N-methyl/N-ethyl adjacent to an activating group) is 1. The van der Waals surface area contributed by atoms with Gasteiger partial charge in [0.25, 0.3) is 0 Å². The smallest absolute Gasteiger partial charge is 0.240 e. The third-order valence-electron chi connectivity index (χ3n) is 7.74. The van der Waals surface area contributed by atoms with Gasteiger partial charge in [-0.1, -0.05) is 20.8 Å². The summed E-state index contributed by atoms with van der Waals surface area (Å²) in [6.07, 6.45) is 2.16. The van der Waals surface area contributed by atoms with E-state index >= 15 is 0 Å². The number of carbonyl (C=O) groups excluding carboxylic acids is 2. The number of thiazole rings is 1. The lowest BCUT2D eigenvalue weighted by Gasteiger charge is -2.53. The van der Waals surface area contributed by atoms with Gasteiger partial charge in [-0.2, -0.15) is 0 Å². The minimum absolute atomic E-state index is 0.0300. The molecule has 0 spiro atoms. The summed E-state index contributed by atoms with van der Waals surface area (Å²) in [7, 11) is 3.73. The molecule has 3 rings (SSSR count). The molecule has 1 heterocycles. The first kappa shape index (κ1) is 25.1. The van der Waals surface area contributed by atoms with Crippen LogP contribution in [0.25, 0.3) is 0 Å². The summed E-state index contributed by atoms with van der Waals surface area (Å²) in [5.74, 6) is -0.0313.